The van der Waals surface area contributed by atoms with E-state index in [2.05, 4.69) is 50.4 Å². The number of nitrogens with one attached hydrogen (secondary N) is 1. The normalized spacial score (nSPS) is 11.9. The molecule has 0 aliphatic carbocycles. The quantitative estimate of drug-likeness (QED) is 0.880. The molecule has 1 unspecified atom stereocenters. The van der Waals surface area contributed by atoms with E-state index in [1.165, 1.54) is 16.7 Å². The van der Waals surface area contributed by atoms with Crippen molar-refractivity contribution in [3.05, 3.63) is 63.7 Å². The number of carbonyl (C=O) groups excluding carboxylic acids is 1. The molecule has 0 fully saturated rings. The van der Waals surface area contributed by atoms with E-state index in [0.29, 0.717) is 0 Å². The number of hydrogen-bond donors (Lipinski definition) is 1. The minimum atomic E-state index is -0.109. The van der Waals surface area contributed by atoms with Gasteiger partial charge in [0.05, 0.1) is 6.04 Å². The average molecular weight is 325 g/mol. The molecule has 0 aliphatic rings. The van der Waals surface area contributed by atoms with Crippen molar-refractivity contribution in [1.29, 1.82) is 0 Å². The molecule has 0 saturated carbocycles. The minimum absolute atomic E-state index is 0.0267. The number of aryl methyl sites for hydroxylation is 4. The number of rotatable bonds is 5. The third-order valence-electron chi connectivity index (χ3n) is 4.40. The van der Waals surface area contributed by atoms with Gasteiger partial charge < -0.3 is 10.1 Å². The highest BCUT2D eigenvalue weighted by atomic mass is 16.5. The Bertz CT molecular complexity index is 750. The molecule has 3 heteroatoms. The van der Waals surface area contributed by atoms with Crippen LogP contribution in [0.3, 0.4) is 0 Å². The number of carbonyl (C=O) groups is 1. The summed E-state index contributed by atoms with van der Waals surface area (Å²) in [6, 6.07) is 10.3. The predicted molar refractivity (Wildman–Crippen MR) is 98.6 cm³/mol. The molecule has 1 N–H and O–H groups in total. The SMILES string of the molecule is Cc1cc(C)c(C)c(OCC(=O)NC(C)c2cc(C)ccc2C)c1. The van der Waals surface area contributed by atoms with Crippen LogP contribution in [0.2, 0.25) is 0 Å². The minimum Gasteiger partial charge on any atom is -0.483 e. The van der Waals surface area contributed by atoms with Gasteiger partial charge in [0.25, 0.3) is 5.91 Å². The van der Waals surface area contributed by atoms with E-state index in [4.69, 9.17) is 4.74 Å². The van der Waals surface area contributed by atoms with Gasteiger partial charge in [-0.1, -0.05) is 29.8 Å². The van der Waals surface area contributed by atoms with Crippen LogP contribution >= 0.6 is 0 Å². The summed E-state index contributed by atoms with van der Waals surface area (Å²) in [4.78, 5) is 12.2. The fourth-order valence-corrected chi connectivity index (χ4v) is 2.88. The van der Waals surface area contributed by atoms with Gasteiger partial charge in [0.2, 0.25) is 0 Å². The molecule has 0 saturated heterocycles. The molecule has 0 aliphatic heterocycles. The second-order valence-corrected chi connectivity index (χ2v) is 6.64. The van der Waals surface area contributed by atoms with Crippen LogP contribution in [-0.4, -0.2) is 12.5 Å². The largest absolute Gasteiger partial charge is 0.483 e. The van der Waals surface area contributed by atoms with E-state index >= 15 is 0 Å². The van der Waals surface area contributed by atoms with Crippen LogP contribution in [0.15, 0.2) is 30.3 Å². The zero-order valence-corrected chi connectivity index (χ0v) is 15.5. The van der Waals surface area contributed by atoms with Gasteiger partial charge in [-0.25, -0.2) is 0 Å². The Balaban J connectivity index is 2.00. The summed E-state index contributed by atoms with van der Waals surface area (Å²) < 4.78 is 5.74. The molecular weight excluding hydrogens is 298 g/mol. The second kappa shape index (κ2) is 7.52. The zero-order valence-electron chi connectivity index (χ0n) is 15.5. The van der Waals surface area contributed by atoms with Crippen molar-refractivity contribution in [3.63, 3.8) is 0 Å². The van der Waals surface area contributed by atoms with Crippen LogP contribution in [0.1, 0.15) is 46.3 Å². The Hall–Kier alpha value is -2.29. The Morgan fingerprint density at radius 2 is 1.71 bits per heavy atom. The van der Waals surface area contributed by atoms with E-state index in [0.717, 1.165) is 22.4 Å². The molecule has 0 radical (unpaired) electrons. The molecule has 0 bridgehead atoms. The van der Waals surface area contributed by atoms with Crippen molar-refractivity contribution in [2.45, 2.75) is 47.6 Å². The van der Waals surface area contributed by atoms with Crippen molar-refractivity contribution in [3.8, 4) is 5.75 Å². The number of amides is 1. The number of ether oxygens (including phenoxy) is 1. The molecular formula is C21H27NO2. The summed E-state index contributed by atoms with van der Waals surface area (Å²) in [6.45, 7) is 12.2. The first kappa shape index (κ1) is 18.1. The molecule has 1 amide bonds. The Morgan fingerprint density at radius 1 is 1.00 bits per heavy atom. The van der Waals surface area contributed by atoms with Crippen molar-refractivity contribution in [2.75, 3.05) is 6.61 Å². The lowest BCUT2D eigenvalue weighted by Crippen LogP contribution is -2.31. The average Bonchev–Trinajstić information content (AvgIpc) is 2.51. The first-order valence-corrected chi connectivity index (χ1v) is 8.35. The van der Waals surface area contributed by atoms with Gasteiger partial charge in [0.15, 0.2) is 6.61 Å². The van der Waals surface area contributed by atoms with E-state index in [1.807, 2.05) is 26.8 Å². The van der Waals surface area contributed by atoms with Gasteiger partial charge >= 0.3 is 0 Å². The summed E-state index contributed by atoms with van der Waals surface area (Å²) >= 11 is 0. The van der Waals surface area contributed by atoms with Crippen molar-refractivity contribution in [2.24, 2.45) is 0 Å². The van der Waals surface area contributed by atoms with Gasteiger partial charge in [-0.15, -0.1) is 0 Å². The second-order valence-electron chi connectivity index (χ2n) is 6.64. The molecule has 2 aromatic carbocycles. The van der Waals surface area contributed by atoms with Crippen molar-refractivity contribution >= 4 is 5.91 Å². The number of benzene rings is 2. The smallest absolute Gasteiger partial charge is 0.258 e. The first-order valence-electron chi connectivity index (χ1n) is 8.35. The Kier molecular flexibility index (Phi) is 5.66. The number of hydrogen-bond acceptors (Lipinski definition) is 2. The van der Waals surface area contributed by atoms with Crippen LogP contribution in [0.4, 0.5) is 0 Å². The molecule has 2 aromatic rings. The molecule has 24 heavy (non-hydrogen) atoms. The van der Waals surface area contributed by atoms with E-state index in [1.54, 1.807) is 0 Å². The lowest BCUT2D eigenvalue weighted by molar-refractivity contribution is -0.123. The first-order chi connectivity index (χ1) is 11.3. The monoisotopic (exact) mass is 325 g/mol. The Labute approximate surface area is 145 Å². The summed E-state index contributed by atoms with van der Waals surface area (Å²) in [6.07, 6.45) is 0. The third-order valence-corrected chi connectivity index (χ3v) is 4.40. The molecule has 2 rings (SSSR count). The highest BCUT2D eigenvalue weighted by molar-refractivity contribution is 5.78. The van der Waals surface area contributed by atoms with Crippen LogP contribution in [0, 0.1) is 34.6 Å². The van der Waals surface area contributed by atoms with Crippen LogP contribution < -0.4 is 10.1 Å². The highest BCUT2D eigenvalue weighted by Crippen LogP contribution is 2.23. The third kappa shape index (κ3) is 4.38. The molecule has 1 atom stereocenters. The van der Waals surface area contributed by atoms with Crippen LogP contribution in [-0.2, 0) is 4.79 Å². The zero-order chi connectivity index (χ0) is 17.9. The fraction of sp³-hybridized carbons (Fsp3) is 0.381. The Morgan fingerprint density at radius 3 is 2.42 bits per heavy atom. The summed E-state index contributed by atoms with van der Waals surface area (Å²) in [7, 11) is 0. The van der Waals surface area contributed by atoms with Gasteiger partial charge in [0.1, 0.15) is 5.75 Å². The van der Waals surface area contributed by atoms with E-state index < -0.39 is 0 Å². The standard InChI is InChI=1S/C21H27NO2/c1-13-7-8-15(3)19(10-13)18(6)22-21(23)12-24-20-11-14(2)9-16(4)17(20)5/h7-11,18H,12H2,1-6H3,(H,22,23). The summed E-state index contributed by atoms with van der Waals surface area (Å²) in [5.74, 6) is 0.670. The molecule has 0 aromatic heterocycles. The maximum absolute atomic E-state index is 12.2. The van der Waals surface area contributed by atoms with Gasteiger partial charge in [-0.05, 0) is 75.4 Å². The van der Waals surface area contributed by atoms with E-state index in [9.17, 15) is 4.79 Å². The molecule has 0 heterocycles. The van der Waals surface area contributed by atoms with Gasteiger partial charge in [-0.3, -0.25) is 4.79 Å². The molecule has 0 spiro atoms. The van der Waals surface area contributed by atoms with Crippen LogP contribution in [0.25, 0.3) is 0 Å². The van der Waals surface area contributed by atoms with Gasteiger partial charge in [-0.2, -0.15) is 0 Å². The molecule has 128 valence electrons. The van der Waals surface area contributed by atoms with Crippen LogP contribution in [0.5, 0.6) is 5.75 Å². The molecule has 3 nitrogen and oxygen atoms in total. The lowest BCUT2D eigenvalue weighted by atomic mass is 10.00. The summed E-state index contributed by atoms with van der Waals surface area (Å²) in [5.41, 5.74) is 6.91. The van der Waals surface area contributed by atoms with Crippen molar-refractivity contribution in [1.82, 2.24) is 5.32 Å². The fourth-order valence-electron chi connectivity index (χ4n) is 2.88. The maximum Gasteiger partial charge on any atom is 0.258 e. The predicted octanol–water partition coefficient (Wildman–Crippen LogP) is 4.48. The topological polar surface area (TPSA) is 38.3 Å². The maximum atomic E-state index is 12.2. The summed E-state index contributed by atoms with van der Waals surface area (Å²) in [5, 5.41) is 3.02. The van der Waals surface area contributed by atoms with E-state index in [-0.39, 0.29) is 18.6 Å². The van der Waals surface area contributed by atoms with Crippen molar-refractivity contribution < 1.29 is 9.53 Å². The highest BCUT2D eigenvalue weighted by Gasteiger charge is 2.13. The van der Waals surface area contributed by atoms with Gasteiger partial charge in [0, 0.05) is 0 Å². The lowest BCUT2D eigenvalue weighted by Gasteiger charge is -2.18.